The van der Waals surface area contributed by atoms with Gasteiger partial charge >= 0.3 is 0 Å². The Balaban J connectivity index is 1.59. The van der Waals surface area contributed by atoms with Crippen LogP contribution in [0.1, 0.15) is 10.6 Å². The highest BCUT2D eigenvalue weighted by Crippen LogP contribution is 2.33. The van der Waals surface area contributed by atoms with Crippen molar-refractivity contribution in [3.05, 3.63) is 63.4 Å². The van der Waals surface area contributed by atoms with Crippen LogP contribution in [0.25, 0.3) is 11.3 Å². The molecule has 0 saturated carbocycles. The summed E-state index contributed by atoms with van der Waals surface area (Å²) in [6.45, 7) is 2.20. The number of aromatic nitrogens is 1. The fraction of sp³-hybridized carbons (Fsp3) is 0.238. The van der Waals surface area contributed by atoms with Gasteiger partial charge in [-0.2, -0.15) is 0 Å². The molecule has 156 valence electrons. The first-order valence-corrected chi connectivity index (χ1v) is 12.4. The second-order valence-electron chi connectivity index (χ2n) is 7.14. The van der Waals surface area contributed by atoms with Gasteiger partial charge in [0, 0.05) is 28.2 Å². The first kappa shape index (κ1) is 20.8. The average molecular weight is 462 g/mol. The Morgan fingerprint density at radius 2 is 2.07 bits per heavy atom. The third-order valence-electron chi connectivity index (χ3n) is 4.97. The zero-order valence-corrected chi connectivity index (χ0v) is 18.9. The van der Waals surface area contributed by atoms with E-state index in [0.717, 1.165) is 38.1 Å². The standard InChI is InChI=1S/C21H20ClN3O3S2/c1-14-23-19(13-29-14)15-6-7-20-16(10-15)8-9-24(20)21(26)12-25(30(2,27)28)18-5-3-4-17(22)11-18/h3-7,10-11,13H,8-9,12H2,1-2H3. The van der Waals surface area contributed by atoms with Crippen LogP contribution < -0.4 is 9.21 Å². The molecule has 2 aromatic carbocycles. The lowest BCUT2D eigenvalue weighted by molar-refractivity contribution is -0.117. The summed E-state index contributed by atoms with van der Waals surface area (Å²) < 4.78 is 25.8. The zero-order chi connectivity index (χ0) is 21.5. The number of halogens is 1. The molecular weight excluding hydrogens is 442 g/mol. The number of carbonyl (C=O) groups is 1. The summed E-state index contributed by atoms with van der Waals surface area (Å²) >= 11 is 7.61. The van der Waals surface area contributed by atoms with E-state index in [1.165, 1.54) is 6.07 Å². The van der Waals surface area contributed by atoms with Gasteiger partial charge in [0.05, 0.1) is 22.6 Å². The summed E-state index contributed by atoms with van der Waals surface area (Å²) in [6, 6.07) is 12.4. The van der Waals surface area contributed by atoms with E-state index in [2.05, 4.69) is 11.1 Å². The molecular formula is C21H20ClN3O3S2. The lowest BCUT2D eigenvalue weighted by atomic mass is 10.1. The maximum Gasteiger partial charge on any atom is 0.247 e. The van der Waals surface area contributed by atoms with E-state index >= 15 is 0 Å². The lowest BCUT2D eigenvalue weighted by Gasteiger charge is -2.25. The number of amides is 1. The van der Waals surface area contributed by atoms with E-state index in [9.17, 15) is 13.2 Å². The fourth-order valence-electron chi connectivity index (χ4n) is 3.56. The quantitative estimate of drug-likeness (QED) is 0.572. The number of carbonyl (C=O) groups excluding carboxylic acids is 1. The Morgan fingerprint density at radius 1 is 1.27 bits per heavy atom. The third kappa shape index (κ3) is 4.21. The first-order valence-electron chi connectivity index (χ1n) is 9.31. The minimum Gasteiger partial charge on any atom is -0.310 e. The molecule has 0 N–H and O–H groups in total. The van der Waals surface area contributed by atoms with E-state index in [4.69, 9.17) is 11.6 Å². The topological polar surface area (TPSA) is 70.6 Å². The third-order valence-corrected chi connectivity index (χ3v) is 7.12. The van der Waals surface area contributed by atoms with Crippen molar-refractivity contribution in [2.24, 2.45) is 0 Å². The van der Waals surface area contributed by atoms with Crippen molar-refractivity contribution in [2.75, 3.05) is 28.6 Å². The summed E-state index contributed by atoms with van der Waals surface area (Å²) in [5.74, 6) is -0.281. The Kier molecular flexibility index (Phi) is 5.57. The lowest BCUT2D eigenvalue weighted by Crippen LogP contribution is -2.42. The Hall–Kier alpha value is -2.42. The highest BCUT2D eigenvalue weighted by atomic mass is 35.5. The number of sulfonamides is 1. The van der Waals surface area contributed by atoms with Gasteiger partial charge in [-0.05, 0) is 49.2 Å². The van der Waals surface area contributed by atoms with Gasteiger partial charge in [0.15, 0.2) is 0 Å². The van der Waals surface area contributed by atoms with Gasteiger partial charge in [0.1, 0.15) is 6.54 Å². The van der Waals surface area contributed by atoms with E-state index in [1.54, 1.807) is 34.4 Å². The van der Waals surface area contributed by atoms with Gasteiger partial charge in [-0.3, -0.25) is 9.10 Å². The van der Waals surface area contributed by atoms with Crippen LogP contribution in [0.15, 0.2) is 47.8 Å². The van der Waals surface area contributed by atoms with Crippen LogP contribution in [0.5, 0.6) is 0 Å². The van der Waals surface area contributed by atoms with Crippen LogP contribution in [-0.2, 0) is 21.2 Å². The Labute approximate surface area is 184 Å². The molecule has 30 heavy (non-hydrogen) atoms. The van der Waals surface area contributed by atoms with Crippen molar-refractivity contribution in [1.82, 2.24) is 4.98 Å². The highest BCUT2D eigenvalue weighted by Gasteiger charge is 2.29. The molecule has 0 unspecified atom stereocenters. The molecule has 1 aliphatic heterocycles. The van der Waals surface area contributed by atoms with Crippen molar-refractivity contribution in [2.45, 2.75) is 13.3 Å². The van der Waals surface area contributed by atoms with Crippen LogP contribution in [0.2, 0.25) is 5.02 Å². The van der Waals surface area contributed by atoms with Crippen LogP contribution in [0.3, 0.4) is 0 Å². The number of fused-ring (bicyclic) bond motifs is 1. The molecule has 1 aromatic heterocycles. The van der Waals surface area contributed by atoms with Gasteiger partial charge in [-0.15, -0.1) is 11.3 Å². The van der Waals surface area contributed by atoms with Gasteiger partial charge in [0.25, 0.3) is 0 Å². The highest BCUT2D eigenvalue weighted by molar-refractivity contribution is 7.92. The number of hydrogen-bond acceptors (Lipinski definition) is 5. The Bertz CT molecular complexity index is 1220. The predicted molar refractivity (Wildman–Crippen MR) is 122 cm³/mol. The number of thiazole rings is 1. The molecule has 0 bridgehead atoms. The molecule has 3 aromatic rings. The number of nitrogens with zero attached hydrogens (tertiary/aromatic N) is 3. The molecule has 0 fully saturated rings. The van der Waals surface area contributed by atoms with Crippen LogP contribution in [-0.4, -0.2) is 38.7 Å². The maximum absolute atomic E-state index is 13.1. The average Bonchev–Trinajstić information content (AvgIpc) is 3.30. The van der Waals surface area contributed by atoms with Crippen LogP contribution >= 0.6 is 22.9 Å². The SMILES string of the molecule is Cc1nc(-c2ccc3c(c2)CCN3C(=O)CN(c2cccc(Cl)c2)S(C)(=O)=O)cs1. The molecule has 6 nitrogen and oxygen atoms in total. The normalized spacial score (nSPS) is 13.4. The Morgan fingerprint density at radius 3 is 2.73 bits per heavy atom. The molecule has 0 radical (unpaired) electrons. The van der Waals surface area contributed by atoms with Gasteiger partial charge < -0.3 is 4.90 Å². The van der Waals surface area contributed by atoms with Crippen molar-refractivity contribution in [3.8, 4) is 11.3 Å². The molecule has 9 heteroatoms. The minimum absolute atomic E-state index is 0.281. The largest absolute Gasteiger partial charge is 0.310 e. The number of benzene rings is 2. The number of anilines is 2. The van der Waals surface area contributed by atoms with E-state index in [-0.39, 0.29) is 12.5 Å². The molecule has 0 saturated heterocycles. The molecule has 4 rings (SSSR count). The molecule has 1 aliphatic rings. The second-order valence-corrected chi connectivity index (χ2v) is 10.5. The van der Waals surface area contributed by atoms with Gasteiger partial charge in [0.2, 0.25) is 15.9 Å². The maximum atomic E-state index is 13.1. The molecule has 0 atom stereocenters. The van der Waals surface area contributed by atoms with Crippen molar-refractivity contribution in [3.63, 3.8) is 0 Å². The molecule has 1 amide bonds. The zero-order valence-electron chi connectivity index (χ0n) is 16.5. The summed E-state index contributed by atoms with van der Waals surface area (Å²) in [5, 5.41) is 3.43. The second kappa shape index (κ2) is 8.02. The van der Waals surface area contributed by atoms with Crippen LogP contribution in [0.4, 0.5) is 11.4 Å². The smallest absolute Gasteiger partial charge is 0.247 e. The first-order chi connectivity index (χ1) is 14.2. The number of hydrogen-bond donors (Lipinski definition) is 0. The van der Waals surface area contributed by atoms with Gasteiger partial charge in [-0.1, -0.05) is 23.7 Å². The summed E-state index contributed by atoms with van der Waals surface area (Å²) in [7, 11) is -3.66. The van der Waals surface area contributed by atoms with E-state index in [0.29, 0.717) is 23.7 Å². The molecule has 0 aliphatic carbocycles. The predicted octanol–water partition coefficient (Wildman–Crippen LogP) is 4.13. The fourth-order valence-corrected chi connectivity index (χ4v) is 5.20. The summed E-state index contributed by atoms with van der Waals surface area (Å²) in [5.41, 5.74) is 4.18. The minimum atomic E-state index is -3.66. The van der Waals surface area contributed by atoms with Gasteiger partial charge in [-0.25, -0.2) is 13.4 Å². The van der Waals surface area contributed by atoms with Crippen molar-refractivity contribution >= 4 is 50.2 Å². The van der Waals surface area contributed by atoms with E-state index < -0.39 is 10.0 Å². The van der Waals surface area contributed by atoms with Crippen molar-refractivity contribution in [1.29, 1.82) is 0 Å². The monoisotopic (exact) mass is 461 g/mol. The van der Waals surface area contributed by atoms with E-state index in [1.807, 2.05) is 24.4 Å². The summed E-state index contributed by atoms with van der Waals surface area (Å²) in [4.78, 5) is 19.2. The number of aryl methyl sites for hydroxylation is 1. The van der Waals surface area contributed by atoms with Crippen molar-refractivity contribution < 1.29 is 13.2 Å². The number of rotatable bonds is 5. The summed E-state index contributed by atoms with van der Waals surface area (Å²) in [6.07, 6.45) is 1.80. The molecule has 0 spiro atoms. The van der Waals surface area contributed by atoms with Crippen LogP contribution in [0, 0.1) is 6.92 Å². The molecule has 2 heterocycles.